The summed E-state index contributed by atoms with van der Waals surface area (Å²) >= 11 is 0. The normalized spacial score (nSPS) is 10.2. The summed E-state index contributed by atoms with van der Waals surface area (Å²) < 4.78 is 4.82. The molecular formula is C16H24N2O3. The summed E-state index contributed by atoms with van der Waals surface area (Å²) in [5.41, 5.74) is 3.58. The smallest absolute Gasteiger partial charge is 0.239 e. The highest BCUT2D eigenvalue weighted by Crippen LogP contribution is 2.12. The van der Waals surface area contributed by atoms with Gasteiger partial charge in [0.1, 0.15) is 0 Å². The van der Waals surface area contributed by atoms with Gasteiger partial charge in [0.05, 0.1) is 13.2 Å². The number of carbonyl (C=O) groups excluding carboxylic acids is 2. The van der Waals surface area contributed by atoms with Gasteiger partial charge >= 0.3 is 0 Å². The van der Waals surface area contributed by atoms with Crippen LogP contribution < -0.4 is 10.6 Å². The Hall–Kier alpha value is -1.88. The maximum Gasteiger partial charge on any atom is 0.239 e. The van der Waals surface area contributed by atoms with Gasteiger partial charge in [0.15, 0.2) is 0 Å². The zero-order chi connectivity index (χ0) is 15.7. The van der Waals surface area contributed by atoms with Crippen LogP contribution in [0.5, 0.6) is 0 Å². The molecule has 1 rings (SSSR count). The van der Waals surface area contributed by atoms with Gasteiger partial charge in [0, 0.05) is 20.1 Å². The molecule has 0 aliphatic rings. The van der Waals surface area contributed by atoms with E-state index in [9.17, 15) is 9.59 Å². The lowest BCUT2D eigenvalue weighted by Crippen LogP contribution is -2.38. The number of aryl methyl sites for hydroxylation is 3. The summed E-state index contributed by atoms with van der Waals surface area (Å²) in [4.78, 5) is 23.1. The molecule has 0 fully saturated rings. The maximum atomic E-state index is 11.7. The van der Waals surface area contributed by atoms with Gasteiger partial charge < -0.3 is 15.4 Å². The highest BCUT2D eigenvalue weighted by molar-refractivity contribution is 5.84. The molecule has 2 N–H and O–H groups in total. The second-order valence-electron chi connectivity index (χ2n) is 5.05. The first kappa shape index (κ1) is 17.2. The number of hydrogen-bond acceptors (Lipinski definition) is 3. The molecule has 0 aliphatic heterocycles. The van der Waals surface area contributed by atoms with Gasteiger partial charge in [-0.3, -0.25) is 9.59 Å². The summed E-state index contributed by atoms with van der Waals surface area (Å²) in [5.74, 6) is -0.316. The molecule has 0 aromatic heterocycles. The number of amides is 2. The first-order valence-corrected chi connectivity index (χ1v) is 7.11. The van der Waals surface area contributed by atoms with Crippen molar-refractivity contribution >= 4 is 11.8 Å². The van der Waals surface area contributed by atoms with Crippen molar-refractivity contribution in [1.29, 1.82) is 0 Å². The van der Waals surface area contributed by atoms with E-state index in [0.29, 0.717) is 26.0 Å². The molecule has 1 aromatic rings. The zero-order valence-electron chi connectivity index (χ0n) is 13.0. The first-order chi connectivity index (χ1) is 10.0. The number of benzene rings is 1. The summed E-state index contributed by atoms with van der Waals surface area (Å²) in [6.45, 7) is 5.02. The Morgan fingerprint density at radius 2 is 1.90 bits per heavy atom. The van der Waals surface area contributed by atoms with Gasteiger partial charge in [0.2, 0.25) is 11.8 Å². The molecule has 0 bridgehead atoms. The number of methoxy groups -OCH3 is 1. The quantitative estimate of drug-likeness (QED) is 0.705. The summed E-state index contributed by atoms with van der Waals surface area (Å²) in [6.07, 6.45) is 1.07. The van der Waals surface area contributed by atoms with Crippen LogP contribution in [-0.4, -0.2) is 38.6 Å². The fourth-order valence-electron chi connectivity index (χ4n) is 2.00. The predicted molar refractivity (Wildman–Crippen MR) is 82.1 cm³/mol. The maximum absolute atomic E-state index is 11.7. The standard InChI is InChI=1S/C16H24N2O3/c1-12-4-5-14(13(2)10-12)6-7-15(19)18-11-16(20)17-8-9-21-3/h4-5,10H,6-9,11H2,1-3H3,(H,17,20)(H,18,19). The van der Waals surface area contributed by atoms with Crippen molar-refractivity contribution in [3.63, 3.8) is 0 Å². The van der Waals surface area contributed by atoms with E-state index in [-0.39, 0.29) is 18.4 Å². The zero-order valence-corrected chi connectivity index (χ0v) is 13.0. The van der Waals surface area contributed by atoms with E-state index in [1.807, 2.05) is 19.9 Å². The SMILES string of the molecule is COCCNC(=O)CNC(=O)CCc1ccc(C)cc1C. The van der Waals surface area contributed by atoms with Crippen LogP contribution in [0.4, 0.5) is 0 Å². The Kier molecular flexibility index (Phi) is 7.46. The molecular weight excluding hydrogens is 268 g/mol. The topological polar surface area (TPSA) is 67.4 Å². The van der Waals surface area contributed by atoms with Gasteiger partial charge in [-0.1, -0.05) is 23.8 Å². The van der Waals surface area contributed by atoms with Crippen LogP contribution >= 0.6 is 0 Å². The van der Waals surface area contributed by atoms with Crippen molar-refractivity contribution in [3.8, 4) is 0 Å². The predicted octanol–water partition coefficient (Wildman–Crippen LogP) is 1.11. The fourth-order valence-corrected chi connectivity index (χ4v) is 2.00. The Labute approximate surface area is 126 Å². The van der Waals surface area contributed by atoms with Crippen molar-refractivity contribution < 1.29 is 14.3 Å². The van der Waals surface area contributed by atoms with E-state index in [0.717, 1.165) is 0 Å². The number of nitrogens with one attached hydrogen (secondary N) is 2. The highest BCUT2D eigenvalue weighted by atomic mass is 16.5. The van der Waals surface area contributed by atoms with Gasteiger partial charge in [-0.15, -0.1) is 0 Å². The lowest BCUT2D eigenvalue weighted by atomic mass is 10.0. The molecule has 0 saturated heterocycles. The molecule has 0 heterocycles. The second-order valence-corrected chi connectivity index (χ2v) is 5.05. The Bertz CT molecular complexity index is 486. The summed E-state index contributed by atoms with van der Waals surface area (Å²) in [7, 11) is 1.57. The van der Waals surface area contributed by atoms with E-state index in [1.165, 1.54) is 16.7 Å². The molecule has 116 valence electrons. The van der Waals surface area contributed by atoms with Gasteiger partial charge in [-0.25, -0.2) is 0 Å². The monoisotopic (exact) mass is 292 g/mol. The van der Waals surface area contributed by atoms with Crippen LogP contribution in [0.2, 0.25) is 0 Å². The molecule has 0 saturated carbocycles. The number of ether oxygens (including phenoxy) is 1. The minimum atomic E-state index is -0.202. The largest absolute Gasteiger partial charge is 0.383 e. The summed E-state index contributed by atoms with van der Waals surface area (Å²) in [6, 6.07) is 6.20. The second kappa shape index (κ2) is 9.13. The molecule has 2 amide bonds. The van der Waals surface area contributed by atoms with Crippen LogP contribution in [0.25, 0.3) is 0 Å². The Morgan fingerprint density at radius 1 is 1.14 bits per heavy atom. The van der Waals surface area contributed by atoms with Crippen molar-refractivity contribution in [2.45, 2.75) is 26.7 Å². The fraction of sp³-hybridized carbons (Fsp3) is 0.500. The van der Waals surface area contributed by atoms with Crippen molar-refractivity contribution in [1.82, 2.24) is 10.6 Å². The van der Waals surface area contributed by atoms with Gasteiger partial charge in [-0.2, -0.15) is 0 Å². The average Bonchev–Trinajstić information content (AvgIpc) is 2.44. The minimum Gasteiger partial charge on any atom is -0.383 e. The summed E-state index contributed by atoms with van der Waals surface area (Å²) in [5, 5.41) is 5.27. The molecule has 0 spiro atoms. The van der Waals surface area contributed by atoms with Gasteiger partial charge in [0.25, 0.3) is 0 Å². The number of carbonyl (C=O) groups is 2. The molecule has 0 atom stereocenters. The van der Waals surface area contributed by atoms with Crippen molar-refractivity contribution in [3.05, 3.63) is 34.9 Å². The molecule has 21 heavy (non-hydrogen) atoms. The first-order valence-electron chi connectivity index (χ1n) is 7.11. The van der Waals surface area contributed by atoms with Crippen LogP contribution in [0.3, 0.4) is 0 Å². The molecule has 0 unspecified atom stereocenters. The molecule has 0 radical (unpaired) electrons. The molecule has 5 nitrogen and oxygen atoms in total. The Balaban J connectivity index is 2.26. The lowest BCUT2D eigenvalue weighted by molar-refractivity contribution is -0.126. The molecule has 5 heteroatoms. The van der Waals surface area contributed by atoms with E-state index in [1.54, 1.807) is 7.11 Å². The van der Waals surface area contributed by atoms with E-state index >= 15 is 0 Å². The lowest BCUT2D eigenvalue weighted by Gasteiger charge is -2.08. The van der Waals surface area contributed by atoms with Crippen molar-refractivity contribution in [2.24, 2.45) is 0 Å². The van der Waals surface area contributed by atoms with Crippen LogP contribution in [-0.2, 0) is 20.7 Å². The third-order valence-electron chi connectivity index (χ3n) is 3.19. The molecule has 0 aliphatic carbocycles. The minimum absolute atomic E-state index is 0.00935. The van der Waals surface area contributed by atoms with Crippen LogP contribution in [0.15, 0.2) is 18.2 Å². The van der Waals surface area contributed by atoms with E-state index in [2.05, 4.69) is 22.8 Å². The van der Waals surface area contributed by atoms with Crippen LogP contribution in [0.1, 0.15) is 23.1 Å². The number of hydrogen-bond donors (Lipinski definition) is 2. The van der Waals surface area contributed by atoms with Crippen molar-refractivity contribution in [2.75, 3.05) is 26.8 Å². The van der Waals surface area contributed by atoms with E-state index in [4.69, 9.17) is 4.74 Å². The Morgan fingerprint density at radius 3 is 2.57 bits per heavy atom. The third kappa shape index (κ3) is 6.90. The highest BCUT2D eigenvalue weighted by Gasteiger charge is 2.06. The average molecular weight is 292 g/mol. The van der Waals surface area contributed by atoms with Gasteiger partial charge in [-0.05, 0) is 31.4 Å². The van der Waals surface area contributed by atoms with Crippen LogP contribution in [0, 0.1) is 13.8 Å². The van der Waals surface area contributed by atoms with E-state index < -0.39 is 0 Å². The molecule has 1 aromatic carbocycles. The number of rotatable bonds is 8. The third-order valence-corrected chi connectivity index (χ3v) is 3.19.